The second-order valence-electron chi connectivity index (χ2n) is 6.23. The van der Waals surface area contributed by atoms with E-state index in [1.54, 1.807) is 11.3 Å². The van der Waals surface area contributed by atoms with E-state index in [0.717, 1.165) is 23.5 Å². The molecule has 1 aliphatic rings. The van der Waals surface area contributed by atoms with Gasteiger partial charge in [-0.05, 0) is 38.0 Å². The van der Waals surface area contributed by atoms with Gasteiger partial charge in [0.2, 0.25) is 0 Å². The first-order chi connectivity index (χ1) is 10.5. The summed E-state index contributed by atoms with van der Waals surface area (Å²) in [5.41, 5.74) is 3.68. The number of hydrogen-bond donors (Lipinski definition) is 1. The number of thiophene rings is 1. The molecule has 0 spiro atoms. The summed E-state index contributed by atoms with van der Waals surface area (Å²) in [5, 5.41) is 3.02. The van der Waals surface area contributed by atoms with Crippen LogP contribution in [0.5, 0.6) is 0 Å². The van der Waals surface area contributed by atoms with Crippen molar-refractivity contribution in [1.29, 1.82) is 0 Å². The molecule has 0 radical (unpaired) electrons. The Bertz CT molecular complexity index is 667. The fourth-order valence-corrected chi connectivity index (χ4v) is 3.88. The molecule has 3 rings (SSSR count). The zero-order valence-corrected chi connectivity index (χ0v) is 14.2. The molecule has 0 saturated heterocycles. The molecule has 3 nitrogen and oxygen atoms in total. The van der Waals surface area contributed by atoms with Crippen LogP contribution in [0.1, 0.15) is 45.1 Å². The van der Waals surface area contributed by atoms with E-state index < -0.39 is 0 Å². The monoisotopic (exact) mass is 314 g/mol. The predicted octanol–water partition coefficient (Wildman–Crippen LogP) is 3.71. The Morgan fingerprint density at radius 2 is 2.14 bits per heavy atom. The van der Waals surface area contributed by atoms with Crippen molar-refractivity contribution in [2.24, 2.45) is 0 Å². The number of hydrogen-bond acceptors (Lipinski definition) is 3. The number of carbonyl (C=O) groups excluding carboxylic acids is 1. The highest BCUT2D eigenvalue weighted by molar-refractivity contribution is 7.14. The molecule has 1 aromatic carbocycles. The Morgan fingerprint density at radius 3 is 2.82 bits per heavy atom. The van der Waals surface area contributed by atoms with Crippen molar-refractivity contribution in [3.63, 3.8) is 0 Å². The standard InChI is InChI=1S/C18H22N2OS/c1-12(2)20-10-15-8-16(22-17(15)11-20)18(21)19-9-14-6-4-5-13(3)7-14/h4-8,12H,9-11H2,1-3H3,(H,19,21). The highest BCUT2D eigenvalue weighted by atomic mass is 32.1. The number of benzene rings is 1. The van der Waals surface area contributed by atoms with E-state index in [-0.39, 0.29) is 5.91 Å². The average Bonchev–Trinajstić information content (AvgIpc) is 3.03. The van der Waals surface area contributed by atoms with Gasteiger partial charge in [-0.2, -0.15) is 0 Å². The number of amides is 1. The molecule has 1 aromatic heterocycles. The minimum atomic E-state index is 0.0389. The van der Waals surface area contributed by atoms with Gasteiger partial charge in [0.25, 0.3) is 5.91 Å². The van der Waals surface area contributed by atoms with Crippen LogP contribution in [0.3, 0.4) is 0 Å². The van der Waals surface area contributed by atoms with E-state index in [0.29, 0.717) is 12.6 Å². The Kier molecular flexibility index (Phi) is 4.32. The van der Waals surface area contributed by atoms with Gasteiger partial charge in [-0.3, -0.25) is 9.69 Å². The van der Waals surface area contributed by atoms with Crippen LogP contribution < -0.4 is 5.32 Å². The smallest absolute Gasteiger partial charge is 0.261 e. The van der Waals surface area contributed by atoms with E-state index in [2.05, 4.69) is 49.2 Å². The van der Waals surface area contributed by atoms with E-state index in [4.69, 9.17) is 0 Å². The largest absolute Gasteiger partial charge is 0.347 e. The predicted molar refractivity (Wildman–Crippen MR) is 91.1 cm³/mol. The van der Waals surface area contributed by atoms with Gasteiger partial charge < -0.3 is 5.32 Å². The number of nitrogens with zero attached hydrogens (tertiary/aromatic N) is 1. The summed E-state index contributed by atoms with van der Waals surface area (Å²) in [7, 11) is 0. The van der Waals surface area contributed by atoms with Crippen molar-refractivity contribution < 1.29 is 4.79 Å². The van der Waals surface area contributed by atoms with Crippen molar-refractivity contribution in [3.05, 3.63) is 56.8 Å². The van der Waals surface area contributed by atoms with Crippen LogP contribution in [-0.4, -0.2) is 16.8 Å². The lowest BCUT2D eigenvalue weighted by Crippen LogP contribution is -2.25. The molecule has 0 atom stereocenters. The van der Waals surface area contributed by atoms with Crippen molar-refractivity contribution in [1.82, 2.24) is 10.2 Å². The molecule has 2 heterocycles. The molecular formula is C18H22N2OS. The number of rotatable bonds is 4. The van der Waals surface area contributed by atoms with Gasteiger partial charge in [0.15, 0.2) is 0 Å². The summed E-state index contributed by atoms with van der Waals surface area (Å²) in [6.45, 7) is 9.02. The van der Waals surface area contributed by atoms with Gasteiger partial charge in [0.1, 0.15) is 0 Å². The van der Waals surface area contributed by atoms with Crippen LogP contribution in [0, 0.1) is 6.92 Å². The van der Waals surface area contributed by atoms with Crippen molar-refractivity contribution in [2.75, 3.05) is 0 Å². The summed E-state index contributed by atoms with van der Waals surface area (Å²) >= 11 is 1.64. The molecule has 0 unspecified atom stereocenters. The maximum absolute atomic E-state index is 12.3. The lowest BCUT2D eigenvalue weighted by molar-refractivity contribution is 0.0955. The van der Waals surface area contributed by atoms with Crippen molar-refractivity contribution in [3.8, 4) is 0 Å². The van der Waals surface area contributed by atoms with E-state index in [1.165, 1.54) is 16.0 Å². The minimum absolute atomic E-state index is 0.0389. The quantitative estimate of drug-likeness (QED) is 0.933. The lowest BCUT2D eigenvalue weighted by atomic mass is 10.1. The van der Waals surface area contributed by atoms with Crippen LogP contribution in [0.4, 0.5) is 0 Å². The third-order valence-corrected chi connectivity index (χ3v) is 5.27. The van der Waals surface area contributed by atoms with Gasteiger partial charge in [0, 0.05) is 30.6 Å². The molecule has 0 saturated carbocycles. The molecule has 116 valence electrons. The Hall–Kier alpha value is -1.65. The van der Waals surface area contributed by atoms with Gasteiger partial charge in [-0.25, -0.2) is 0 Å². The Morgan fingerprint density at radius 1 is 1.32 bits per heavy atom. The van der Waals surface area contributed by atoms with Gasteiger partial charge >= 0.3 is 0 Å². The average molecular weight is 314 g/mol. The fraction of sp³-hybridized carbons (Fsp3) is 0.389. The molecule has 0 fully saturated rings. The molecule has 1 N–H and O–H groups in total. The summed E-state index contributed by atoms with van der Waals surface area (Å²) in [4.78, 5) is 16.9. The maximum atomic E-state index is 12.3. The normalized spacial score (nSPS) is 14.4. The number of fused-ring (bicyclic) bond motifs is 1. The second-order valence-corrected chi connectivity index (χ2v) is 7.37. The second kappa shape index (κ2) is 6.23. The summed E-state index contributed by atoms with van der Waals surface area (Å²) in [5.74, 6) is 0.0389. The van der Waals surface area contributed by atoms with Gasteiger partial charge in [-0.1, -0.05) is 29.8 Å². The van der Waals surface area contributed by atoms with Crippen LogP contribution in [0.25, 0.3) is 0 Å². The molecular weight excluding hydrogens is 292 g/mol. The van der Waals surface area contributed by atoms with Crippen LogP contribution in [0.2, 0.25) is 0 Å². The third kappa shape index (κ3) is 3.23. The first kappa shape index (κ1) is 15.3. The topological polar surface area (TPSA) is 32.3 Å². The van der Waals surface area contributed by atoms with Crippen LogP contribution in [-0.2, 0) is 19.6 Å². The Balaban J connectivity index is 1.62. The minimum Gasteiger partial charge on any atom is -0.347 e. The van der Waals surface area contributed by atoms with E-state index in [1.807, 2.05) is 12.1 Å². The van der Waals surface area contributed by atoms with Crippen molar-refractivity contribution in [2.45, 2.75) is 46.4 Å². The van der Waals surface area contributed by atoms with Crippen molar-refractivity contribution >= 4 is 17.2 Å². The maximum Gasteiger partial charge on any atom is 0.261 e. The number of aryl methyl sites for hydroxylation is 1. The first-order valence-electron chi connectivity index (χ1n) is 7.72. The number of nitrogens with one attached hydrogen (secondary N) is 1. The van der Waals surface area contributed by atoms with Gasteiger partial charge in [0.05, 0.1) is 4.88 Å². The molecule has 2 aromatic rings. The van der Waals surface area contributed by atoms with E-state index in [9.17, 15) is 4.79 Å². The molecule has 4 heteroatoms. The number of carbonyl (C=O) groups is 1. The molecule has 1 aliphatic heterocycles. The third-order valence-electron chi connectivity index (χ3n) is 4.11. The SMILES string of the molecule is Cc1cccc(CNC(=O)c2cc3c(s2)CN(C(C)C)C3)c1. The van der Waals surface area contributed by atoms with Crippen LogP contribution >= 0.6 is 11.3 Å². The fourth-order valence-electron chi connectivity index (χ4n) is 2.76. The molecule has 22 heavy (non-hydrogen) atoms. The molecule has 0 bridgehead atoms. The van der Waals surface area contributed by atoms with E-state index >= 15 is 0 Å². The van der Waals surface area contributed by atoms with Gasteiger partial charge in [-0.15, -0.1) is 11.3 Å². The lowest BCUT2D eigenvalue weighted by Gasteiger charge is -2.19. The summed E-state index contributed by atoms with van der Waals surface area (Å²) in [6, 6.07) is 10.9. The van der Waals surface area contributed by atoms with Crippen LogP contribution in [0.15, 0.2) is 30.3 Å². The molecule has 0 aliphatic carbocycles. The highest BCUT2D eigenvalue weighted by Crippen LogP contribution is 2.32. The zero-order chi connectivity index (χ0) is 15.7. The first-order valence-corrected chi connectivity index (χ1v) is 8.54. The highest BCUT2D eigenvalue weighted by Gasteiger charge is 2.25. The zero-order valence-electron chi connectivity index (χ0n) is 13.3. The summed E-state index contributed by atoms with van der Waals surface area (Å²) < 4.78 is 0. The molecule has 1 amide bonds. The summed E-state index contributed by atoms with van der Waals surface area (Å²) in [6.07, 6.45) is 0. The Labute approximate surface area is 136 Å².